The molecule has 7 heteroatoms. The van der Waals surface area contributed by atoms with E-state index in [0.717, 1.165) is 45.2 Å². The van der Waals surface area contributed by atoms with Gasteiger partial charge in [0, 0.05) is 24.7 Å². The van der Waals surface area contributed by atoms with E-state index >= 15 is 0 Å². The number of amides is 3. The lowest BCUT2D eigenvalue weighted by Gasteiger charge is -2.44. The van der Waals surface area contributed by atoms with Crippen LogP contribution in [0.3, 0.4) is 0 Å². The van der Waals surface area contributed by atoms with Crippen molar-refractivity contribution in [2.45, 2.75) is 44.6 Å². The van der Waals surface area contributed by atoms with Crippen molar-refractivity contribution in [3.8, 4) is 0 Å². The highest BCUT2D eigenvalue weighted by Gasteiger charge is 2.52. The van der Waals surface area contributed by atoms with Crippen LogP contribution in [0.5, 0.6) is 0 Å². The van der Waals surface area contributed by atoms with Crippen LogP contribution in [0, 0.1) is 0 Å². The number of carbonyl (C=O) groups is 2. The molecule has 2 fully saturated rings. The van der Waals surface area contributed by atoms with E-state index in [1.165, 1.54) is 0 Å². The average Bonchev–Trinajstić information content (AvgIpc) is 2.99. The van der Waals surface area contributed by atoms with Crippen LogP contribution < -0.4 is 5.32 Å². The third-order valence-electron chi connectivity index (χ3n) is 5.10. The fraction of sp³-hybridized carbons (Fsp3) is 0.556. The summed E-state index contributed by atoms with van der Waals surface area (Å²) < 4.78 is 0. The molecule has 2 aliphatic heterocycles. The molecule has 136 valence electrons. The number of likely N-dealkylation sites (tertiary alicyclic amines) is 2. The second kappa shape index (κ2) is 7.42. The SMILES string of the molecule is CCCN1CCCC2(CCCN2C(=O)Nc2ccc(Cl)cc2Cl)C1=O. The Balaban J connectivity index is 1.80. The molecule has 0 aromatic heterocycles. The minimum absolute atomic E-state index is 0.0930. The molecular formula is C18H23Cl2N3O2. The Labute approximate surface area is 158 Å². The van der Waals surface area contributed by atoms with E-state index in [-0.39, 0.29) is 11.9 Å². The predicted molar refractivity (Wildman–Crippen MR) is 100 cm³/mol. The lowest BCUT2D eigenvalue weighted by Crippen LogP contribution is -2.62. The smallest absolute Gasteiger partial charge is 0.322 e. The Bertz CT molecular complexity index is 680. The first-order valence-electron chi connectivity index (χ1n) is 8.81. The highest BCUT2D eigenvalue weighted by Crippen LogP contribution is 2.39. The minimum atomic E-state index is -0.698. The number of nitrogens with one attached hydrogen (secondary N) is 1. The molecule has 0 aliphatic carbocycles. The number of benzene rings is 1. The summed E-state index contributed by atoms with van der Waals surface area (Å²) in [5, 5.41) is 3.74. The van der Waals surface area contributed by atoms with Gasteiger partial charge in [0.1, 0.15) is 5.54 Å². The van der Waals surface area contributed by atoms with E-state index in [1.807, 2.05) is 4.90 Å². The molecule has 2 aliphatic rings. The summed E-state index contributed by atoms with van der Waals surface area (Å²) in [4.78, 5) is 29.6. The van der Waals surface area contributed by atoms with Gasteiger partial charge in [-0.2, -0.15) is 0 Å². The molecule has 1 N–H and O–H groups in total. The number of anilines is 1. The summed E-state index contributed by atoms with van der Waals surface area (Å²) >= 11 is 12.1. The number of urea groups is 1. The van der Waals surface area contributed by atoms with E-state index in [2.05, 4.69) is 12.2 Å². The van der Waals surface area contributed by atoms with Crippen molar-refractivity contribution < 1.29 is 9.59 Å². The minimum Gasteiger partial charge on any atom is -0.341 e. The van der Waals surface area contributed by atoms with Crippen LogP contribution in [-0.4, -0.2) is 46.9 Å². The molecule has 25 heavy (non-hydrogen) atoms. The van der Waals surface area contributed by atoms with E-state index in [1.54, 1.807) is 23.1 Å². The quantitative estimate of drug-likeness (QED) is 0.840. The third-order valence-corrected chi connectivity index (χ3v) is 5.65. The van der Waals surface area contributed by atoms with Gasteiger partial charge in [0.05, 0.1) is 10.7 Å². The molecule has 3 amide bonds. The standard InChI is InChI=1S/C18H23Cl2N3O2/c1-2-9-22-10-3-7-18(16(22)24)8-4-11-23(18)17(25)21-15-6-5-13(19)12-14(15)20/h5-6,12H,2-4,7-11H2,1H3,(H,21,25). The van der Waals surface area contributed by atoms with E-state index in [9.17, 15) is 9.59 Å². The van der Waals surface area contributed by atoms with Crippen molar-refractivity contribution in [3.05, 3.63) is 28.2 Å². The Hall–Kier alpha value is -1.46. The van der Waals surface area contributed by atoms with Gasteiger partial charge in [-0.1, -0.05) is 30.1 Å². The van der Waals surface area contributed by atoms with Crippen LogP contribution in [0.15, 0.2) is 18.2 Å². The Kier molecular flexibility index (Phi) is 5.44. The summed E-state index contributed by atoms with van der Waals surface area (Å²) in [5.74, 6) is 0.0930. The van der Waals surface area contributed by atoms with Gasteiger partial charge in [0.25, 0.3) is 0 Å². The molecule has 2 heterocycles. The number of nitrogens with zero attached hydrogens (tertiary/aromatic N) is 2. The number of hydrogen-bond acceptors (Lipinski definition) is 2. The highest BCUT2D eigenvalue weighted by atomic mass is 35.5. The van der Waals surface area contributed by atoms with Gasteiger partial charge >= 0.3 is 6.03 Å². The van der Waals surface area contributed by atoms with Crippen molar-refractivity contribution in [2.75, 3.05) is 25.0 Å². The van der Waals surface area contributed by atoms with Crippen molar-refractivity contribution in [1.82, 2.24) is 9.80 Å². The molecule has 1 aromatic carbocycles. The topological polar surface area (TPSA) is 52.6 Å². The number of piperidine rings is 1. The molecule has 0 saturated carbocycles. The maximum absolute atomic E-state index is 13.1. The lowest BCUT2D eigenvalue weighted by molar-refractivity contribution is -0.145. The normalized spacial score (nSPS) is 23.4. The van der Waals surface area contributed by atoms with Crippen LogP contribution in [0.2, 0.25) is 10.0 Å². The predicted octanol–water partition coefficient (Wildman–Crippen LogP) is 4.39. The highest BCUT2D eigenvalue weighted by molar-refractivity contribution is 6.36. The first kappa shape index (κ1) is 18.3. The number of carbonyl (C=O) groups excluding carboxylic acids is 2. The molecule has 3 rings (SSSR count). The van der Waals surface area contributed by atoms with Crippen molar-refractivity contribution in [2.24, 2.45) is 0 Å². The molecule has 1 spiro atoms. The fourth-order valence-electron chi connectivity index (χ4n) is 3.98. The summed E-state index contributed by atoms with van der Waals surface area (Å²) in [5.41, 5.74) is -0.192. The second-order valence-corrected chi connectivity index (χ2v) is 7.58. The van der Waals surface area contributed by atoms with Crippen LogP contribution in [0.1, 0.15) is 39.0 Å². The molecule has 0 radical (unpaired) electrons. The van der Waals surface area contributed by atoms with Crippen LogP contribution in [0.4, 0.5) is 10.5 Å². The molecular weight excluding hydrogens is 361 g/mol. The van der Waals surface area contributed by atoms with E-state index < -0.39 is 5.54 Å². The van der Waals surface area contributed by atoms with Gasteiger partial charge in [-0.05, 0) is 50.3 Å². The zero-order valence-electron chi connectivity index (χ0n) is 14.4. The van der Waals surface area contributed by atoms with Gasteiger partial charge in [-0.25, -0.2) is 4.79 Å². The van der Waals surface area contributed by atoms with Gasteiger partial charge in [0.15, 0.2) is 0 Å². The molecule has 1 unspecified atom stereocenters. The lowest BCUT2D eigenvalue weighted by atomic mass is 9.85. The summed E-state index contributed by atoms with van der Waals surface area (Å²) in [6.45, 7) is 4.19. The maximum atomic E-state index is 13.1. The van der Waals surface area contributed by atoms with Crippen molar-refractivity contribution in [1.29, 1.82) is 0 Å². The molecule has 2 saturated heterocycles. The Morgan fingerprint density at radius 3 is 2.64 bits per heavy atom. The van der Waals surface area contributed by atoms with Gasteiger partial charge in [-0.15, -0.1) is 0 Å². The number of halogens is 2. The molecule has 1 atom stereocenters. The number of hydrogen-bond donors (Lipinski definition) is 1. The summed E-state index contributed by atoms with van der Waals surface area (Å²) in [7, 11) is 0. The van der Waals surface area contributed by atoms with Crippen LogP contribution in [0.25, 0.3) is 0 Å². The zero-order valence-corrected chi connectivity index (χ0v) is 15.9. The average molecular weight is 384 g/mol. The summed E-state index contributed by atoms with van der Waals surface area (Å²) in [6, 6.07) is 4.68. The number of rotatable bonds is 3. The van der Waals surface area contributed by atoms with Crippen LogP contribution >= 0.6 is 23.2 Å². The fourth-order valence-corrected chi connectivity index (χ4v) is 4.43. The van der Waals surface area contributed by atoms with Crippen molar-refractivity contribution >= 4 is 40.8 Å². The molecule has 0 bridgehead atoms. The monoisotopic (exact) mass is 383 g/mol. The van der Waals surface area contributed by atoms with Gasteiger partial charge in [0.2, 0.25) is 5.91 Å². The molecule has 1 aromatic rings. The Morgan fingerprint density at radius 1 is 1.24 bits per heavy atom. The van der Waals surface area contributed by atoms with Gasteiger partial charge < -0.3 is 15.1 Å². The van der Waals surface area contributed by atoms with E-state index in [4.69, 9.17) is 23.2 Å². The first-order valence-corrected chi connectivity index (χ1v) is 9.56. The van der Waals surface area contributed by atoms with Crippen molar-refractivity contribution in [3.63, 3.8) is 0 Å². The zero-order chi connectivity index (χ0) is 18.0. The molecule has 5 nitrogen and oxygen atoms in total. The van der Waals surface area contributed by atoms with E-state index in [0.29, 0.717) is 22.3 Å². The Morgan fingerprint density at radius 2 is 1.96 bits per heavy atom. The van der Waals surface area contributed by atoms with Gasteiger partial charge in [-0.3, -0.25) is 4.79 Å². The summed E-state index contributed by atoms with van der Waals surface area (Å²) in [6.07, 6.45) is 4.15. The largest absolute Gasteiger partial charge is 0.341 e. The van der Waals surface area contributed by atoms with Crippen LogP contribution in [-0.2, 0) is 4.79 Å². The second-order valence-electron chi connectivity index (χ2n) is 6.74. The maximum Gasteiger partial charge on any atom is 0.322 e. The third kappa shape index (κ3) is 3.44. The first-order chi connectivity index (χ1) is 12.0.